The van der Waals surface area contributed by atoms with Crippen LogP contribution in [0.4, 0.5) is 13.2 Å². The Bertz CT molecular complexity index is 516. The van der Waals surface area contributed by atoms with E-state index in [1.165, 1.54) is 0 Å². The molecule has 0 saturated heterocycles. The zero-order valence-electron chi connectivity index (χ0n) is 7.64. The Balaban J connectivity index is 2.72. The van der Waals surface area contributed by atoms with E-state index in [2.05, 4.69) is 5.10 Å². The van der Waals surface area contributed by atoms with Crippen molar-refractivity contribution in [3.8, 4) is 0 Å². The van der Waals surface area contributed by atoms with Crippen molar-refractivity contribution in [2.24, 2.45) is 0 Å². The second kappa shape index (κ2) is 3.13. The van der Waals surface area contributed by atoms with E-state index in [0.29, 0.717) is 11.2 Å². The summed E-state index contributed by atoms with van der Waals surface area (Å²) < 4.78 is 38.3. The molecule has 0 N–H and O–H groups in total. The van der Waals surface area contributed by atoms with E-state index >= 15 is 0 Å². The molecule has 0 aromatic carbocycles. The first-order chi connectivity index (χ1) is 6.88. The van der Waals surface area contributed by atoms with Crippen molar-refractivity contribution in [2.75, 3.05) is 0 Å². The second-order valence-electron chi connectivity index (χ2n) is 3.19. The predicted molar refractivity (Wildman–Crippen MR) is 49.9 cm³/mol. The molecule has 0 aliphatic carbocycles. The third-order valence-electron chi connectivity index (χ3n) is 1.97. The number of aromatic nitrogens is 2. The fraction of sp³-hybridized carbons (Fsp3) is 0.222. The molecule has 2 nitrogen and oxygen atoms in total. The lowest BCUT2D eigenvalue weighted by molar-refractivity contribution is -0.137. The molecule has 0 aliphatic rings. The third kappa shape index (κ3) is 1.79. The van der Waals surface area contributed by atoms with Crippen molar-refractivity contribution in [1.29, 1.82) is 0 Å². The zero-order valence-corrected chi connectivity index (χ0v) is 8.39. The summed E-state index contributed by atoms with van der Waals surface area (Å²) in [6.07, 6.45) is -3.48. The topological polar surface area (TPSA) is 17.3 Å². The van der Waals surface area contributed by atoms with Gasteiger partial charge in [-0.1, -0.05) is 11.6 Å². The first-order valence-corrected chi connectivity index (χ1v) is 4.48. The normalized spacial score (nSPS) is 12.3. The van der Waals surface area contributed by atoms with Crippen LogP contribution >= 0.6 is 11.6 Å². The van der Waals surface area contributed by atoms with Crippen LogP contribution in [-0.4, -0.2) is 9.61 Å². The lowest BCUT2D eigenvalue weighted by Gasteiger charge is -2.07. The fourth-order valence-corrected chi connectivity index (χ4v) is 1.59. The summed E-state index contributed by atoms with van der Waals surface area (Å²) in [7, 11) is 0. The minimum absolute atomic E-state index is 0.0467. The van der Waals surface area contributed by atoms with Crippen molar-refractivity contribution in [3.63, 3.8) is 0 Å². The van der Waals surface area contributed by atoms with E-state index in [1.807, 2.05) is 0 Å². The molecule has 2 rings (SSSR count). The number of hydrogen-bond acceptors (Lipinski definition) is 1. The number of alkyl halides is 3. The molecule has 0 atom stereocenters. The van der Waals surface area contributed by atoms with Gasteiger partial charge in [0.05, 0.1) is 21.8 Å². The van der Waals surface area contributed by atoms with E-state index in [-0.39, 0.29) is 5.02 Å². The molecule has 80 valence electrons. The molecule has 0 aliphatic heterocycles. The zero-order chi connectivity index (χ0) is 11.2. The summed E-state index contributed by atoms with van der Waals surface area (Å²) in [5.74, 6) is 0. The molecule has 2 aromatic rings. The molecule has 0 bridgehead atoms. The van der Waals surface area contributed by atoms with Crippen molar-refractivity contribution in [3.05, 3.63) is 34.6 Å². The summed E-state index contributed by atoms with van der Waals surface area (Å²) in [6, 6.07) is 2.53. The molecular weight excluding hydrogens is 229 g/mol. The Morgan fingerprint density at radius 3 is 2.60 bits per heavy atom. The van der Waals surface area contributed by atoms with Gasteiger partial charge in [-0.15, -0.1) is 0 Å². The Kier molecular flexibility index (Phi) is 2.15. The largest absolute Gasteiger partial charge is 0.417 e. The van der Waals surface area contributed by atoms with Crippen LogP contribution < -0.4 is 0 Å². The first kappa shape index (κ1) is 10.3. The van der Waals surface area contributed by atoms with Gasteiger partial charge in [0.1, 0.15) is 0 Å². The molecule has 0 amide bonds. The van der Waals surface area contributed by atoms with Gasteiger partial charge in [0.2, 0.25) is 0 Å². The third-order valence-corrected chi connectivity index (χ3v) is 2.28. The van der Waals surface area contributed by atoms with Gasteiger partial charge in [0, 0.05) is 6.20 Å². The molecule has 2 heterocycles. The molecule has 2 aromatic heterocycles. The van der Waals surface area contributed by atoms with Gasteiger partial charge >= 0.3 is 6.18 Å². The molecule has 0 spiro atoms. The minimum Gasteiger partial charge on any atom is -0.239 e. The second-order valence-corrected chi connectivity index (χ2v) is 3.60. The predicted octanol–water partition coefficient (Wildman–Crippen LogP) is 3.31. The average molecular weight is 235 g/mol. The minimum atomic E-state index is -4.41. The number of halogens is 4. The van der Waals surface area contributed by atoms with Crippen molar-refractivity contribution < 1.29 is 13.2 Å². The van der Waals surface area contributed by atoms with Crippen LogP contribution in [0.2, 0.25) is 5.02 Å². The van der Waals surface area contributed by atoms with Gasteiger partial charge in [-0.2, -0.15) is 18.3 Å². The van der Waals surface area contributed by atoms with Crippen molar-refractivity contribution >= 4 is 17.1 Å². The van der Waals surface area contributed by atoms with Crippen LogP contribution in [0.5, 0.6) is 0 Å². The summed E-state index contributed by atoms with van der Waals surface area (Å²) in [6.45, 7) is 1.69. The first-order valence-electron chi connectivity index (χ1n) is 4.10. The number of hydrogen-bond donors (Lipinski definition) is 0. The summed E-state index contributed by atoms with van der Waals surface area (Å²) in [4.78, 5) is 0. The highest BCUT2D eigenvalue weighted by atomic mass is 35.5. The van der Waals surface area contributed by atoms with E-state index in [1.54, 1.807) is 13.0 Å². The summed E-state index contributed by atoms with van der Waals surface area (Å²) >= 11 is 5.72. The number of fused-ring (bicyclic) bond motifs is 1. The van der Waals surface area contributed by atoms with Crippen LogP contribution in [0, 0.1) is 6.92 Å². The SMILES string of the molecule is Cc1cc2c(Cl)cc(C(F)(F)F)cn2n1. The Morgan fingerprint density at radius 2 is 2.00 bits per heavy atom. The van der Waals surface area contributed by atoms with Crippen LogP contribution in [0.3, 0.4) is 0 Å². The van der Waals surface area contributed by atoms with E-state index in [9.17, 15) is 13.2 Å². The highest BCUT2D eigenvalue weighted by Gasteiger charge is 2.31. The number of nitrogens with zero attached hydrogens (tertiary/aromatic N) is 2. The van der Waals surface area contributed by atoms with E-state index in [4.69, 9.17) is 11.6 Å². The monoisotopic (exact) mass is 234 g/mol. The maximum Gasteiger partial charge on any atom is 0.417 e. The van der Waals surface area contributed by atoms with E-state index < -0.39 is 11.7 Å². The maximum absolute atomic E-state index is 12.4. The van der Waals surface area contributed by atoms with Gasteiger partial charge < -0.3 is 0 Å². The lowest BCUT2D eigenvalue weighted by Crippen LogP contribution is -2.06. The number of rotatable bonds is 0. The summed E-state index contributed by atoms with van der Waals surface area (Å²) in [5, 5.41) is 3.93. The molecule has 0 fully saturated rings. The molecule has 0 saturated carbocycles. The molecule has 6 heteroatoms. The molecular formula is C9H6ClF3N2. The molecule has 0 unspecified atom stereocenters. The van der Waals surface area contributed by atoms with Crippen LogP contribution in [-0.2, 0) is 6.18 Å². The Morgan fingerprint density at radius 1 is 1.33 bits per heavy atom. The van der Waals surface area contributed by atoms with E-state index in [0.717, 1.165) is 16.8 Å². The van der Waals surface area contributed by atoms with Crippen LogP contribution in [0.15, 0.2) is 18.3 Å². The van der Waals surface area contributed by atoms with Gasteiger partial charge in [-0.3, -0.25) is 0 Å². The highest BCUT2D eigenvalue weighted by Crippen LogP contribution is 2.32. The number of pyridine rings is 1. The fourth-order valence-electron chi connectivity index (χ4n) is 1.33. The summed E-state index contributed by atoms with van der Waals surface area (Å²) in [5.41, 5.74) is 0.293. The van der Waals surface area contributed by atoms with Crippen molar-refractivity contribution in [2.45, 2.75) is 13.1 Å². The number of aryl methyl sites for hydroxylation is 1. The Hall–Kier alpha value is -1.23. The quantitative estimate of drug-likeness (QED) is 0.684. The van der Waals surface area contributed by atoms with Crippen LogP contribution in [0.1, 0.15) is 11.3 Å². The average Bonchev–Trinajstić information content (AvgIpc) is 2.44. The van der Waals surface area contributed by atoms with Crippen molar-refractivity contribution in [1.82, 2.24) is 9.61 Å². The lowest BCUT2D eigenvalue weighted by atomic mass is 10.2. The molecule has 0 radical (unpaired) electrons. The standard InChI is InChI=1S/C9H6ClF3N2/c1-5-2-8-7(10)3-6(9(11,12)13)4-15(8)14-5/h2-4H,1H3. The van der Waals surface area contributed by atoms with Gasteiger partial charge in [-0.25, -0.2) is 4.52 Å². The highest BCUT2D eigenvalue weighted by molar-refractivity contribution is 6.33. The van der Waals surface area contributed by atoms with Gasteiger partial charge in [0.15, 0.2) is 0 Å². The molecule has 15 heavy (non-hydrogen) atoms. The Labute approximate surface area is 88.3 Å². The maximum atomic E-state index is 12.4. The smallest absolute Gasteiger partial charge is 0.239 e. The van der Waals surface area contributed by atoms with Gasteiger partial charge in [-0.05, 0) is 19.1 Å². The van der Waals surface area contributed by atoms with Gasteiger partial charge in [0.25, 0.3) is 0 Å². The van der Waals surface area contributed by atoms with Crippen LogP contribution in [0.25, 0.3) is 5.52 Å².